The first kappa shape index (κ1) is 14.5. The van der Waals surface area contributed by atoms with Gasteiger partial charge in [-0.3, -0.25) is 9.59 Å². The lowest BCUT2D eigenvalue weighted by molar-refractivity contribution is -0.140. The zero-order valence-corrected chi connectivity index (χ0v) is 13.5. The number of carboxylic acid groups (broad SMARTS) is 1. The van der Waals surface area contributed by atoms with Gasteiger partial charge in [-0.05, 0) is 63.1 Å². The zero-order valence-electron chi connectivity index (χ0n) is 9.77. The Morgan fingerprint density at radius 3 is 2.74 bits per heavy atom. The summed E-state index contributed by atoms with van der Waals surface area (Å²) in [5.41, 5.74) is 0.555. The van der Waals surface area contributed by atoms with Gasteiger partial charge in [-0.1, -0.05) is 12.2 Å². The average Bonchev–Trinajstić information content (AvgIpc) is 2.80. The fourth-order valence-electron chi connectivity index (χ4n) is 1.91. The van der Waals surface area contributed by atoms with Gasteiger partial charge in [0.25, 0.3) is 5.91 Å². The first-order valence-electron chi connectivity index (χ1n) is 5.64. The van der Waals surface area contributed by atoms with Gasteiger partial charge < -0.3 is 10.4 Å². The molecular formula is C13H11BrINO3. The molecule has 1 aliphatic carbocycles. The lowest BCUT2D eigenvalue weighted by Crippen LogP contribution is -2.33. The minimum absolute atomic E-state index is 0.203. The first-order chi connectivity index (χ1) is 8.97. The fourth-order valence-corrected chi connectivity index (χ4v) is 2.82. The molecule has 1 amide bonds. The van der Waals surface area contributed by atoms with Gasteiger partial charge in [0.15, 0.2) is 0 Å². The Balaban J connectivity index is 2.05. The van der Waals surface area contributed by atoms with E-state index in [9.17, 15) is 9.59 Å². The summed E-state index contributed by atoms with van der Waals surface area (Å²) in [6.45, 7) is 0. The van der Waals surface area contributed by atoms with Crippen molar-refractivity contribution in [2.75, 3.05) is 0 Å². The van der Waals surface area contributed by atoms with E-state index in [1.54, 1.807) is 18.2 Å². The molecule has 0 saturated heterocycles. The Kier molecular flexibility index (Phi) is 4.62. The maximum Gasteiger partial charge on any atom is 0.310 e. The number of aliphatic carboxylic acids is 1. The van der Waals surface area contributed by atoms with Crippen molar-refractivity contribution < 1.29 is 14.7 Å². The van der Waals surface area contributed by atoms with Crippen molar-refractivity contribution in [2.24, 2.45) is 5.92 Å². The van der Waals surface area contributed by atoms with Crippen molar-refractivity contribution in [3.05, 3.63) is 44.0 Å². The van der Waals surface area contributed by atoms with Gasteiger partial charge in [-0.15, -0.1) is 0 Å². The van der Waals surface area contributed by atoms with Crippen LogP contribution in [0.5, 0.6) is 0 Å². The number of rotatable bonds is 3. The Morgan fingerprint density at radius 2 is 2.11 bits per heavy atom. The van der Waals surface area contributed by atoms with Crippen LogP contribution in [0.1, 0.15) is 16.8 Å². The van der Waals surface area contributed by atoms with Crippen molar-refractivity contribution in [1.82, 2.24) is 5.32 Å². The molecule has 0 saturated carbocycles. The van der Waals surface area contributed by atoms with Crippen molar-refractivity contribution in [2.45, 2.75) is 12.5 Å². The minimum Gasteiger partial charge on any atom is -0.481 e. The molecule has 1 aromatic carbocycles. The van der Waals surface area contributed by atoms with E-state index in [0.717, 1.165) is 8.04 Å². The van der Waals surface area contributed by atoms with Crippen LogP contribution in [0.2, 0.25) is 0 Å². The summed E-state index contributed by atoms with van der Waals surface area (Å²) < 4.78 is 1.69. The predicted molar refractivity (Wildman–Crippen MR) is 83.0 cm³/mol. The van der Waals surface area contributed by atoms with E-state index in [1.165, 1.54) is 0 Å². The van der Waals surface area contributed by atoms with Crippen LogP contribution in [0.3, 0.4) is 0 Å². The van der Waals surface area contributed by atoms with Gasteiger partial charge in [0.05, 0.1) is 11.5 Å². The zero-order chi connectivity index (χ0) is 14.0. The van der Waals surface area contributed by atoms with Gasteiger partial charge >= 0.3 is 5.97 Å². The number of halogens is 2. The number of hydrogen-bond acceptors (Lipinski definition) is 2. The molecule has 19 heavy (non-hydrogen) atoms. The van der Waals surface area contributed by atoms with Gasteiger partial charge in [0.2, 0.25) is 0 Å². The highest BCUT2D eigenvalue weighted by molar-refractivity contribution is 14.1. The summed E-state index contributed by atoms with van der Waals surface area (Å²) in [6, 6.07) is 5.28. The third kappa shape index (κ3) is 3.56. The van der Waals surface area contributed by atoms with Crippen molar-refractivity contribution in [1.29, 1.82) is 0 Å². The van der Waals surface area contributed by atoms with Crippen molar-refractivity contribution >= 4 is 50.4 Å². The molecule has 0 radical (unpaired) electrons. The summed E-state index contributed by atoms with van der Waals surface area (Å²) in [5.74, 6) is -1.57. The molecule has 0 bridgehead atoms. The van der Waals surface area contributed by atoms with E-state index in [1.807, 2.05) is 12.1 Å². The number of amides is 1. The molecule has 6 heteroatoms. The molecule has 1 aliphatic rings. The van der Waals surface area contributed by atoms with Crippen LogP contribution in [-0.4, -0.2) is 23.0 Å². The molecule has 1 aromatic rings. The second kappa shape index (κ2) is 6.04. The summed E-state index contributed by atoms with van der Waals surface area (Å²) in [4.78, 5) is 23.0. The van der Waals surface area contributed by atoms with Gasteiger partial charge in [-0.25, -0.2) is 0 Å². The molecule has 2 unspecified atom stereocenters. The molecule has 4 nitrogen and oxygen atoms in total. The summed E-state index contributed by atoms with van der Waals surface area (Å²) in [6.07, 6.45) is 3.76. The molecule has 0 aromatic heterocycles. The fraction of sp³-hybridized carbons (Fsp3) is 0.231. The summed E-state index contributed by atoms with van der Waals surface area (Å²) in [5, 5.41) is 11.7. The quantitative estimate of drug-likeness (QED) is 0.566. The van der Waals surface area contributed by atoms with Crippen LogP contribution in [0.25, 0.3) is 0 Å². The minimum atomic E-state index is -0.858. The van der Waals surface area contributed by atoms with E-state index >= 15 is 0 Å². The predicted octanol–water partition coefficient (Wildman–Crippen LogP) is 2.81. The number of nitrogens with one attached hydrogen (secondary N) is 1. The van der Waals surface area contributed by atoms with E-state index in [0.29, 0.717) is 12.0 Å². The Morgan fingerprint density at radius 1 is 1.37 bits per heavy atom. The van der Waals surface area contributed by atoms with Crippen LogP contribution < -0.4 is 5.32 Å². The standard InChI is InChI=1S/C13H11BrINO3/c14-11-4-2-8(15)6-10(11)12(17)16-9-3-1-7(5-9)13(18)19/h1-4,6-7,9H,5H2,(H,16,17)(H,18,19). The Hall–Kier alpha value is -0.890. The number of hydrogen-bond donors (Lipinski definition) is 2. The molecular weight excluding hydrogens is 425 g/mol. The molecule has 100 valence electrons. The second-order valence-corrected chi connectivity index (χ2v) is 6.37. The highest BCUT2D eigenvalue weighted by atomic mass is 127. The Bertz CT molecular complexity index is 559. The smallest absolute Gasteiger partial charge is 0.310 e. The topological polar surface area (TPSA) is 66.4 Å². The molecule has 2 N–H and O–H groups in total. The van der Waals surface area contributed by atoms with Crippen molar-refractivity contribution in [3.63, 3.8) is 0 Å². The van der Waals surface area contributed by atoms with E-state index in [2.05, 4.69) is 43.8 Å². The number of carbonyl (C=O) groups excluding carboxylic acids is 1. The third-order valence-electron chi connectivity index (χ3n) is 2.89. The number of carbonyl (C=O) groups is 2. The van der Waals surface area contributed by atoms with Gasteiger partial charge in [0, 0.05) is 14.1 Å². The molecule has 0 heterocycles. The third-order valence-corrected chi connectivity index (χ3v) is 4.25. The number of carboxylic acids is 1. The SMILES string of the molecule is O=C(NC1C=CC(C(=O)O)C1)c1cc(I)ccc1Br. The molecule has 0 aliphatic heterocycles. The molecule has 0 spiro atoms. The van der Waals surface area contributed by atoms with E-state index < -0.39 is 11.9 Å². The maximum atomic E-state index is 12.1. The van der Waals surface area contributed by atoms with Crippen LogP contribution in [0, 0.1) is 9.49 Å². The highest BCUT2D eigenvalue weighted by Gasteiger charge is 2.26. The maximum absolute atomic E-state index is 12.1. The van der Waals surface area contributed by atoms with Gasteiger partial charge in [-0.2, -0.15) is 0 Å². The first-order valence-corrected chi connectivity index (χ1v) is 7.51. The van der Waals surface area contributed by atoms with Crippen molar-refractivity contribution in [3.8, 4) is 0 Å². The van der Waals surface area contributed by atoms with Gasteiger partial charge in [0.1, 0.15) is 0 Å². The lowest BCUT2D eigenvalue weighted by Gasteiger charge is -2.13. The van der Waals surface area contributed by atoms with E-state index in [-0.39, 0.29) is 11.9 Å². The molecule has 0 fully saturated rings. The largest absolute Gasteiger partial charge is 0.481 e. The summed E-state index contributed by atoms with van der Waals surface area (Å²) >= 11 is 5.48. The Labute approximate surface area is 132 Å². The second-order valence-electron chi connectivity index (χ2n) is 4.27. The average molecular weight is 436 g/mol. The lowest BCUT2D eigenvalue weighted by atomic mass is 10.1. The van der Waals surface area contributed by atoms with Crippen LogP contribution >= 0.6 is 38.5 Å². The van der Waals surface area contributed by atoms with Crippen LogP contribution in [0.15, 0.2) is 34.8 Å². The van der Waals surface area contributed by atoms with Crippen LogP contribution in [-0.2, 0) is 4.79 Å². The van der Waals surface area contributed by atoms with Crippen LogP contribution in [0.4, 0.5) is 0 Å². The normalized spacial score (nSPS) is 21.4. The number of benzene rings is 1. The molecule has 2 atom stereocenters. The summed E-state index contributed by atoms with van der Waals surface area (Å²) in [7, 11) is 0. The van der Waals surface area contributed by atoms with E-state index in [4.69, 9.17) is 5.11 Å². The molecule has 2 rings (SSSR count). The monoisotopic (exact) mass is 435 g/mol. The highest BCUT2D eigenvalue weighted by Crippen LogP contribution is 2.22.